The van der Waals surface area contributed by atoms with Crippen LogP contribution in [0.2, 0.25) is 5.15 Å². The minimum absolute atomic E-state index is 0.124. The van der Waals surface area contributed by atoms with Crippen LogP contribution in [0.4, 0.5) is 16.6 Å². The third kappa shape index (κ3) is 2.33. The molecule has 2 atom stereocenters. The number of nitrogens with zero attached hydrogens (tertiary/aromatic N) is 4. The number of halogens is 1. The number of hydrogen-bond donors (Lipinski definition) is 2. The average molecular weight is 298 g/mol. The molecule has 2 aliphatic heterocycles. The highest BCUT2D eigenvalue weighted by molar-refractivity contribution is 6.29. The molecule has 2 saturated heterocycles. The van der Waals surface area contributed by atoms with Gasteiger partial charge in [-0.3, -0.25) is 0 Å². The van der Waals surface area contributed by atoms with Crippen LogP contribution in [0.15, 0.2) is 6.07 Å². The van der Waals surface area contributed by atoms with Crippen molar-refractivity contribution >= 4 is 29.5 Å². The standard InChI is InChI=1S/C12H16ClN5O2/c13-9-5-10(16-11(14)15-9)17-3-2-8-7(6-17)1-4-18(8)12(19)20/h5,7-8H,1-4,6H2,(H,19,20)(H2,14,15,16). The molecule has 3 rings (SSSR count). The molecule has 0 aliphatic carbocycles. The summed E-state index contributed by atoms with van der Waals surface area (Å²) >= 11 is 5.90. The van der Waals surface area contributed by atoms with E-state index < -0.39 is 6.09 Å². The van der Waals surface area contributed by atoms with E-state index in [4.69, 9.17) is 22.4 Å². The predicted molar refractivity (Wildman–Crippen MR) is 74.9 cm³/mol. The van der Waals surface area contributed by atoms with Gasteiger partial charge in [0.15, 0.2) is 0 Å². The minimum Gasteiger partial charge on any atom is -0.465 e. The van der Waals surface area contributed by atoms with Gasteiger partial charge in [0.1, 0.15) is 11.0 Å². The number of aromatic nitrogens is 2. The van der Waals surface area contributed by atoms with Gasteiger partial charge >= 0.3 is 6.09 Å². The van der Waals surface area contributed by atoms with Crippen LogP contribution in [0.25, 0.3) is 0 Å². The lowest BCUT2D eigenvalue weighted by molar-refractivity contribution is 0.129. The van der Waals surface area contributed by atoms with Gasteiger partial charge < -0.3 is 20.6 Å². The Balaban J connectivity index is 1.75. The first kappa shape index (κ1) is 13.2. The average Bonchev–Trinajstić information content (AvgIpc) is 2.80. The van der Waals surface area contributed by atoms with Gasteiger partial charge in [0, 0.05) is 31.7 Å². The molecule has 20 heavy (non-hydrogen) atoms. The summed E-state index contributed by atoms with van der Waals surface area (Å²) in [5, 5.41) is 9.49. The highest BCUT2D eigenvalue weighted by Gasteiger charge is 2.40. The Kier molecular flexibility index (Phi) is 3.29. The molecule has 3 heterocycles. The predicted octanol–water partition coefficient (Wildman–Crippen LogP) is 1.29. The lowest BCUT2D eigenvalue weighted by Gasteiger charge is -2.37. The Hall–Kier alpha value is -1.76. The van der Waals surface area contributed by atoms with E-state index in [1.807, 2.05) is 0 Å². The second-order valence-electron chi connectivity index (χ2n) is 5.23. The molecule has 1 aromatic rings. The fraction of sp³-hybridized carbons (Fsp3) is 0.583. The first-order valence-electron chi connectivity index (χ1n) is 6.59. The Bertz CT molecular complexity index is 520. The number of likely N-dealkylation sites (tertiary alicyclic amines) is 1. The van der Waals surface area contributed by atoms with Gasteiger partial charge in [0.05, 0.1) is 0 Å². The van der Waals surface area contributed by atoms with Crippen molar-refractivity contribution in [3.05, 3.63) is 11.2 Å². The van der Waals surface area contributed by atoms with Crippen molar-refractivity contribution in [2.45, 2.75) is 18.9 Å². The van der Waals surface area contributed by atoms with Crippen LogP contribution in [0.1, 0.15) is 12.8 Å². The van der Waals surface area contributed by atoms with Crippen LogP contribution >= 0.6 is 11.6 Å². The molecule has 0 spiro atoms. The van der Waals surface area contributed by atoms with Gasteiger partial charge in [-0.1, -0.05) is 11.6 Å². The van der Waals surface area contributed by atoms with E-state index in [9.17, 15) is 4.79 Å². The quantitative estimate of drug-likeness (QED) is 0.758. The van der Waals surface area contributed by atoms with Crippen molar-refractivity contribution in [1.82, 2.24) is 14.9 Å². The summed E-state index contributed by atoms with van der Waals surface area (Å²) in [6.45, 7) is 2.14. The Labute approximate surface area is 121 Å². The topological polar surface area (TPSA) is 95.6 Å². The highest BCUT2D eigenvalue weighted by atomic mass is 35.5. The van der Waals surface area contributed by atoms with Crippen LogP contribution in [-0.2, 0) is 0 Å². The first-order chi connectivity index (χ1) is 9.54. The first-order valence-corrected chi connectivity index (χ1v) is 6.97. The molecule has 1 amide bonds. The van der Waals surface area contributed by atoms with Crippen LogP contribution in [0.5, 0.6) is 0 Å². The highest BCUT2D eigenvalue weighted by Crippen LogP contribution is 2.33. The second kappa shape index (κ2) is 4.97. The van der Waals surface area contributed by atoms with Crippen molar-refractivity contribution < 1.29 is 9.90 Å². The lowest BCUT2D eigenvalue weighted by atomic mass is 9.93. The summed E-state index contributed by atoms with van der Waals surface area (Å²) in [5.74, 6) is 1.22. The minimum atomic E-state index is -0.819. The van der Waals surface area contributed by atoms with E-state index in [0.717, 1.165) is 31.7 Å². The zero-order chi connectivity index (χ0) is 14.3. The van der Waals surface area contributed by atoms with Gasteiger partial charge in [0.2, 0.25) is 5.95 Å². The summed E-state index contributed by atoms with van der Waals surface area (Å²) in [5.41, 5.74) is 5.62. The van der Waals surface area contributed by atoms with Crippen LogP contribution in [0, 0.1) is 5.92 Å². The summed E-state index contributed by atoms with van der Waals surface area (Å²) in [4.78, 5) is 22.9. The maximum atomic E-state index is 11.2. The third-order valence-corrected chi connectivity index (χ3v) is 4.30. The molecule has 7 nitrogen and oxygen atoms in total. The number of amides is 1. The van der Waals surface area contributed by atoms with Crippen molar-refractivity contribution in [1.29, 1.82) is 0 Å². The van der Waals surface area contributed by atoms with Gasteiger partial charge in [-0.05, 0) is 18.8 Å². The smallest absolute Gasteiger partial charge is 0.407 e. The number of hydrogen-bond acceptors (Lipinski definition) is 5. The summed E-state index contributed by atoms with van der Waals surface area (Å²) in [7, 11) is 0. The van der Waals surface area contributed by atoms with E-state index in [1.54, 1.807) is 11.0 Å². The van der Waals surface area contributed by atoms with Crippen molar-refractivity contribution in [3.63, 3.8) is 0 Å². The van der Waals surface area contributed by atoms with E-state index in [-0.39, 0.29) is 12.0 Å². The van der Waals surface area contributed by atoms with E-state index >= 15 is 0 Å². The molecule has 2 unspecified atom stereocenters. The number of nitrogens with two attached hydrogens (primary N) is 1. The van der Waals surface area contributed by atoms with Crippen LogP contribution < -0.4 is 10.6 Å². The SMILES string of the molecule is Nc1nc(Cl)cc(N2CCC3C(CCN3C(=O)O)C2)n1. The van der Waals surface area contributed by atoms with Gasteiger partial charge in [-0.2, -0.15) is 4.98 Å². The molecular weight excluding hydrogens is 282 g/mol. The maximum absolute atomic E-state index is 11.2. The largest absolute Gasteiger partial charge is 0.465 e. The zero-order valence-electron chi connectivity index (χ0n) is 10.9. The Morgan fingerprint density at radius 3 is 2.90 bits per heavy atom. The third-order valence-electron chi connectivity index (χ3n) is 4.10. The van der Waals surface area contributed by atoms with Gasteiger partial charge in [-0.15, -0.1) is 0 Å². The van der Waals surface area contributed by atoms with E-state index in [0.29, 0.717) is 17.6 Å². The number of piperidine rings is 1. The molecule has 0 aromatic carbocycles. The number of rotatable bonds is 1. The number of nitrogen functional groups attached to an aromatic ring is 1. The number of fused-ring (bicyclic) bond motifs is 1. The van der Waals surface area contributed by atoms with Crippen molar-refractivity contribution in [2.75, 3.05) is 30.3 Å². The second-order valence-corrected chi connectivity index (χ2v) is 5.62. The summed E-state index contributed by atoms with van der Waals surface area (Å²) in [6, 6.07) is 1.82. The Morgan fingerprint density at radius 2 is 2.20 bits per heavy atom. The number of anilines is 2. The molecule has 8 heteroatoms. The Morgan fingerprint density at radius 1 is 1.40 bits per heavy atom. The van der Waals surface area contributed by atoms with Gasteiger partial charge in [-0.25, -0.2) is 9.78 Å². The lowest BCUT2D eigenvalue weighted by Crippen LogP contribution is -2.47. The van der Waals surface area contributed by atoms with Crippen molar-refractivity contribution in [2.24, 2.45) is 5.92 Å². The zero-order valence-corrected chi connectivity index (χ0v) is 11.6. The number of carboxylic acid groups (broad SMARTS) is 1. The molecule has 0 radical (unpaired) electrons. The summed E-state index contributed by atoms with van der Waals surface area (Å²) < 4.78 is 0. The maximum Gasteiger partial charge on any atom is 0.407 e. The van der Waals surface area contributed by atoms with Crippen LogP contribution in [0.3, 0.4) is 0 Å². The monoisotopic (exact) mass is 297 g/mol. The van der Waals surface area contributed by atoms with E-state index in [2.05, 4.69) is 14.9 Å². The molecule has 3 N–H and O–H groups in total. The molecular formula is C12H16ClN5O2. The van der Waals surface area contributed by atoms with Crippen LogP contribution in [-0.4, -0.2) is 51.7 Å². The molecule has 0 bridgehead atoms. The van der Waals surface area contributed by atoms with E-state index in [1.165, 1.54) is 0 Å². The normalized spacial score (nSPS) is 25.6. The number of carbonyl (C=O) groups is 1. The summed E-state index contributed by atoms with van der Waals surface area (Å²) in [6.07, 6.45) is 0.876. The fourth-order valence-electron chi connectivity index (χ4n) is 3.22. The van der Waals surface area contributed by atoms with Gasteiger partial charge in [0.25, 0.3) is 0 Å². The molecule has 2 fully saturated rings. The fourth-order valence-corrected chi connectivity index (χ4v) is 3.40. The molecule has 1 aromatic heterocycles. The molecule has 2 aliphatic rings. The van der Waals surface area contributed by atoms with Crippen molar-refractivity contribution in [3.8, 4) is 0 Å². The molecule has 0 saturated carbocycles. The molecule has 108 valence electrons.